The van der Waals surface area contributed by atoms with Crippen LogP contribution < -0.4 is 5.32 Å². The van der Waals surface area contributed by atoms with Crippen LogP contribution in [0.5, 0.6) is 0 Å². The largest absolute Gasteiger partial charge is 0.392 e. The predicted molar refractivity (Wildman–Crippen MR) is 189 cm³/mol. The van der Waals surface area contributed by atoms with E-state index in [0.29, 0.717) is 24.2 Å². The number of fused-ring (bicyclic) bond motifs is 1. The van der Waals surface area contributed by atoms with E-state index in [1.807, 2.05) is 84.9 Å². The summed E-state index contributed by atoms with van der Waals surface area (Å²) in [5.74, 6) is -0.334. The normalized spacial score (nSPS) is 17.6. The summed E-state index contributed by atoms with van der Waals surface area (Å²) in [6, 6.07) is 43.9. The topological polar surface area (TPSA) is 96.8 Å². The van der Waals surface area contributed by atoms with Crippen molar-refractivity contribution in [1.29, 1.82) is 0 Å². The highest BCUT2D eigenvalue weighted by Gasteiger charge is 2.33. The molecule has 8 nitrogen and oxygen atoms in total. The molecule has 49 heavy (non-hydrogen) atoms. The van der Waals surface area contributed by atoms with Crippen molar-refractivity contribution in [3.05, 3.63) is 173 Å². The van der Waals surface area contributed by atoms with Gasteiger partial charge in [0.1, 0.15) is 5.69 Å². The fourth-order valence-corrected chi connectivity index (χ4v) is 6.17. The first-order valence-corrected chi connectivity index (χ1v) is 16.5. The van der Waals surface area contributed by atoms with Gasteiger partial charge < -0.3 is 19.9 Å². The monoisotopic (exact) mass is 650 g/mol. The Morgan fingerprint density at radius 1 is 0.714 bits per heavy atom. The molecule has 1 aliphatic rings. The van der Waals surface area contributed by atoms with Crippen molar-refractivity contribution < 1.29 is 19.4 Å². The number of ether oxygens (including phenoxy) is 2. The molecule has 3 atom stereocenters. The van der Waals surface area contributed by atoms with E-state index in [-0.39, 0.29) is 30.4 Å². The Morgan fingerprint density at radius 3 is 1.98 bits per heavy atom. The second-order valence-electron chi connectivity index (χ2n) is 12.3. The maximum Gasteiger partial charge on any atom is 0.275 e. The zero-order valence-electron chi connectivity index (χ0n) is 27.1. The van der Waals surface area contributed by atoms with E-state index in [9.17, 15) is 9.90 Å². The summed E-state index contributed by atoms with van der Waals surface area (Å²) in [6.45, 7) is 2.26. The molecule has 1 amide bonds. The van der Waals surface area contributed by atoms with Gasteiger partial charge in [-0.15, -0.1) is 0 Å². The summed E-state index contributed by atoms with van der Waals surface area (Å²) in [7, 11) is 0. The number of hydrogen-bond acceptors (Lipinski definition) is 7. The molecule has 2 N–H and O–H groups in total. The summed E-state index contributed by atoms with van der Waals surface area (Å²) < 4.78 is 13.3. The van der Waals surface area contributed by atoms with E-state index in [1.165, 1.54) is 17.3 Å². The lowest BCUT2D eigenvalue weighted by atomic mass is 9.99. The third-order valence-corrected chi connectivity index (χ3v) is 8.70. The first kappa shape index (κ1) is 32.3. The molecule has 1 saturated heterocycles. The number of carbonyl (C=O) groups excluding carboxylic acids is 1. The number of rotatable bonds is 11. The van der Waals surface area contributed by atoms with E-state index in [2.05, 4.69) is 68.7 Å². The number of amides is 1. The minimum absolute atomic E-state index is 0.00950. The van der Waals surface area contributed by atoms with Crippen molar-refractivity contribution >= 4 is 22.6 Å². The molecule has 2 heterocycles. The smallest absolute Gasteiger partial charge is 0.275 e. The van der Waals surface area contributed by atoms with E-state index in [0.717, 1.165) is 35.3 Å². The lowest BCUT2D eigenvalue weighted by molar-refractivity contribution is -0.253. The fraction of sp³-hybridized carbons (Fsp3) is 0.195. The number of aliphatic hydroxyl groups excluding tert-OH is 1. The molecule has 6 aromatic rings. The standard InChI is InChI=1S/C41H38N4O4/c46-28-31-15-17-32(18-16-31)39-23-35(27-45(25-29-9-3-1-4-10-29)26-30-11-5-2-6-12-30)48-41(49-39)33-19-21-34(22-20-33)43-40(47)38-24-42-36-13-7-8-14-37(36)44-38/h1-22,24,35,39,41,46H,23,25-28H2,(H,43,47)/t35-,39+,41+/m1/s1. The Labute approximate surface area is 286 Å². The second kappa shape index (κ2) is 15.3. The van der Waals surface area contributed by atoms with Gasteiger partial charge in [0.15, 0.2) is 6.29 Å². The molecular formula is C41H38N4O4. The first-order valence-electron chi connectivity index (χ1n) is 16.5. The number of carbonyl (C=O) groups is 1. The van der Waals surface area contributed by atoms with Gasteiger partial charge in [-0.05, 0) is 46.5 Å². The number of nitrogens with one attached hydrogen (secondary N) is 1. The van der Waals surface area contributed by atoms with Gasteiger partial charge in [0, 0.05) is 37.3 Å². The molecule has 7 rings (SSSR count). The van der Waals surface area contributed by atoms with Gasteiger partial charge in [-0.3, -0.25) is 14.7 Å². The molecule has 5 aromatic carbocycles. The molecule has 1 aromatic heterocycles. The van der Waals surface area contributed by atoms with Crippen LogP contribution in [0, 0.1) is 0 Å². The van der Waals surface area contributed by atoms with Crippen LogP contribution >= 0.6 is 0 Å². The van der Waals surface area contributed by atoms with Crippen LogP contribution in [0.3, 0.4) is 0 Å². The number of aromatic nitrogens is 2. The highest BCUT2D eigenvalue weighted by atomic mass is 16.7. The Bertz CT molecular complexity index is 1930. The average Bonchev–Trinajstić information content (AvgIpc) is 3.15. The Morgan fingerprint density at radius 2 is 1.33 bits per heavy atom. The zero-order valence-corrected chi connectivity index (χ0v) is 27.1. The van der Waals surface area contributed by atoms with Gasteiger partial charge in [0.2, 0.25) is 0 Å². The number of hydrogen-bond donors (Lipinski definition) is 2. The van der Waals surface area contributed by atoms with E-state index in [1.54, 1.807) is 0 Å². The first-order chi connectivity index (χ1) is 24.1. The van der Waals surface area contributed by atoms with Gasteiger partial charge in [-0.25, -0.2) is 4.98 Å². The van der Waals surface area contributed by atoms with Crippen LogP contribution in [0.2, 0.25) is 0 Å². The van der Waals surface area contributed by atoms with Gasteiger partial charge in [-0.1, -0.05) is 109 Å². The van der Waals surface area contributed by atoms with Crippen LogP contribution in [-0.4, -0.2) is 38.5 Å². The summed E-state index contributed by atoms with van der Waals surface area (Å²) in [4.78, 5) is 24.3. The van der Waals surface area contributed by atoms with E-state index in [4.69, 9.17) is 9.47 Å². The quantitative estimate of drug-likeness (QED) is 0.149. The van der Waals surface area contributed by atoms with E-state index < -0.39 is 6.29 Å². The van der Waals surface area contributed by atoms with Crippen molar-refractivity contribution in [2.45, 2.75) is 44.6 Å². The lowest BCUT2D eigenvalue weighted by Crippen LogP contribution is -2.39. The van der Waals surface area contributed by atoms with Crippen LogP contribution in [0.1, 0.15) is 57.1 Å². The Kier molecular flexibility index (Phi) is 10.1. The maximum absolute atomic E-state index is 13.0. The number of anilines is 1. The minimum Gasteiger partial charge on any atom is -0.392 e. The predicted octanol–water partition coefficient (Wildman–Crippen LogP) is 7.62. The zero-order chi connectivity index (χ0) is 33.4. The Hall–Kier alpha value is -5.25. The summed E-state index contributed by atoms with van der Waals surface area (Å²) >= 11 is 0. The number of aliphatic hydroxyl groups is 1. The highest BCUT2D eigenvalue weighted by molar-refractivity contribution is 6.03. The minimum atomic E-state index is -0.618. The molecule has 1 aliphatic heterocycles. The summed E-state index contributed by atoms with van der Waals surface area (Å²) in [6.07, 6.45) is 1.21. The maximum atomic E-state index is 13.0. The summed E-state index contributed by atoms with van der Waals surface area (Å²) in [5, 5.41) is 12.5. The number of para-hydroxylation sites is 2. The molecule has 0 saturated carbocycles. The SMILES string of the molecule is O=C(Nc1ccc([C@H]2O[C@@H](CN(Cc3ccccc3)Cc3ccccc3)C[C@@H](c3ccc(CO)cc3)O2)cc1)c1cnc2ccccc2n1. The van der Waals surface area contributed by atoms with Crippen LogP contribution in [-0.2, 0) is 29.2 Å². The molecule has 0 bridgehead atoms. The average molecular weight is 651 g/mol. The number of nitrogens with zero attached hydrogens (tertiary/aromatic N) is 3. The Balaban J connectivity index is 1.10. The van der Waals surface area contributed by atoms with E-state index >= 15 is 0 Å². The third-order valence-electron chi connectivity index (χ3n) is 8.70. The van der Waals surface area contributed by atoms with Gasteiger partial charge in [0.25, 0.3) is 5.91 Å². The van der Waals surface area contributed by atoms with Crippen LogP contribution in [0.15, 0.2) is 140 Å². The van der Waals surface area contributed by atoms with Crippen molar-refractivity contribution in [2.75, 3.05) is 11.9 Å². The van der Waals surface area contributed by atoms with Crippen molar-refractivity contribution in [1.82, 2.24) is 14.9 Å². The molecule has 0 aliphatic carbocycles. The second-order valence-corrected chi connectivity index (χ2v) is 12.3. The molecule has 0 spiro atoms. The fourth-order valence-electron chi connectivity index (χ4n) is 6.17. The van der Waals surface area contributed by atoms with Crippen molar-refractivity contribution in [3.63, 3.8) is 0 Å². The van der Waals surface area contributed by atoms with Crippen LogP contribution in [0.4, 0.5) is 5.69 Å². The van der Waals surface area contributed by atoms with Gasteiger partial charge in [0.05, 0.1) is 36.0 Å². The van der Waals surface area contributed by atoms with Crippen molar-refractivity contribution in [3.8, 4) is 0 Å². The van der Waals surface area contributed by atoms with Crippen molar-refractivity contribution in [2.24, 2.45) is 0 Å². The summed E-state index contributed by atoms with van der Waals surface area (Å²) in [5.41, 5.74) is 7.50. The molecule has 8 heteroatoms. The molecule has 1 fully saturated rings. The number of benzene rings is 5. The molecular weight excluding hydrogens is 612 g/mol. The molecule has 246 valence electrons. The molecule has 0 unspecified atom stereocenters. The third kappa shape index (κ3) is 8.25. The van der Waals surface area contributed by atoms with Crippen LogP contribution in [0.25, 0.3) is 11.0 Å². The van der Waals surface area contributed by atoms with Gasteiger partial charge in [-0.2, -0.15) is 0 Å². The lowest BCUT2D eigenvalue weighted by Gasteiger charge is -2.38. The van der Waals surface area contributed by atoms with Gasteiger partial charge >= 0.3 is 0 Å². The highest BCUT2D eigenvalue weighted by Crippen LogP contribution is 2.38. The molecule has 0 radical (unpaired) electrons.